The van der Waals surface area contributed by atoms with E-state index in [0.29, 0.717) is 23.0 Å². The van der Waals surface area contributed by atoms with Crippen molar-refractivity contribution in [2.45, 2.75) is 5.16 Å². The van der Waals surface area contributed by atoms with Crippen molar-refractivity contribution in [2.24, 2.45) is 7.05 Å². The number of anilines is 1. The van der Waals surface area contributed by atoms with Gasteiger partial charge < -0.3 is 14.8 Å². The number of hydrogen-bond acceptors (Lipinski definition) is 7. The summed E-state index contributed by atoms with van der Waals surface area (Å²) in [5.41, 5.74) is 1.34. The smallest absolute Gasteiger partial charge is 0.234 e. The van der Waals surface area contributed by atoms with Crippen LogP contribution in [0.15, 0.2) is 35.7 Å². The number of amides is 1. The standard InChI is InChI=1S/C18H24N6O2S/c1-22-7-9-24(10-8-22)11-16(25)14-3-5-15(6-4-14)20-17(26)12-27-18-21-19-13-23(18)2/h3-6,13H,7-12H2,1-2H3,(H,20,26). The summed E-state index contributed by atoms with van der Waals surface area (Å²) in [6.07, 6.45) is 1.60. The first-order chi connectivity index (χ1) is 13.0. The van der Waals surface area contributed by atoms with Crippen molar-refractivity contribution < 1.29 is 9.59 Å². The molecule has 3 rings (SSSR count). The minimum atomic E-state index is -0.125. The molecule has 1 aliphatic heterocycles. The SMILES string of the molecule is CN1CCN(CC(=O)c2ccc(NC(=O)CSc3nncn3C)cc2)CC1. The van der Waals surface area contributed by atoms with Crippen molar-refractivity contribution in [1.82, 2.24) is 24.6 Å². The fourth-order valence-corrected chi connectivity index (χ4v) is 3.46. The summed E-state index contributed by atoms with van der Waals surface area (Å²) in [6, 6.07) is 7.07. The van der Waals surface area contributed by atoms with Gasteiger partial charge in [0.1, 0.15) is 6.33 Å². The van der Waals surface area contributed by atoms with Crippen molar-refractivity contribution in [1.29, 1.82) is 0 Å². The average molecular weight is 388 g/mol. The molecule has 1 aliphatic rings. The lowest BCUT2D eigenvalue weighted by atomic mass is 10.1. The third-order valence-electron chi connectivity index (χ3n) is 4.46. The van der Waals surface area contributed by atoms with Crippen LogP contribution in [0.25, 0.3) is 0 Å². The van der Waals surface area contributed by atoms with Crippen LogP contribution in [0.3, 0.4) is 0 Å². The van der Waals surface area contributed by atoms with Gasteiger partial charge in [-0.1, -0.05) is 11.8 Å². The molecule has 27 heavy (non-hydrogen) atoms. The van der Waals surface area contributed by atoms with E-state index >= 15 is 0 Å². The molecule has 0 radical (unpaired) electrons. The van der Waals surface area contributed by atoms with E-state index in [1.165, 1.54) is 11.8 Å². The Hall–Kier alpha value is -2.23. The van der Waals surface area contributed by atoms with Crippen LogP contribution in [-0.2, 0) is 11.8 Å². The fraction of sp³-hybridized carbons (Fsp3) is 0.444. The molecule has 2 aromatic rings. The molecule has 0 saturated carbocycles. The van der Waals surface area contributed by atoms with E-state index in [4.69, 9.17) is 0 Å². The summed E-state index contributed by atoms with van der Waals surface area (Å²) in [7, 11) is 3.93. The quantitative estimate of drug-likeness (QED) is 0.559. The number of aryl methyl sites for hydroxylation is 1. The molecule has 2 heterocycles. The van der Waals surface area contributed by atoms with Gasteiger partial charge in [0.15, 0.2) is 10.9 Å². The molecule has 0 aliphatic carbocycles. The maximum Gasteiger partial charge on any atom is 0.234 e. The van der Waals surface area contributed by atoms with Gasteiger partial charge in [-0.2, -0.15) is 0 Å². The molecule has 0 spiro atoms. The zero-order valence-corrected chi connectivity index (χ0v) is 16.4. The largest absolute Gasteiger partial charge is 0.325 e. The maximum atomic E-state index is 12.4. The normalized spacial score (nSPS) is 15.6. The number of thioether (sulfide) groups is 1. The van der Waals surface area contributed by atoms with Gasteiger partial charge in [0.2, 0.25) is 5.91 Å². The number of carbonyl (C=O) groups is 2. The molecule has 144 valence electrons. The molecular formula is C18H24N6O2S. The second-order valence-corrected chi connectivity index (χ2v) is 7.58. The van der Waals surface area contributed by atoms with Gasteiger partial charge in [-0.05, 0) is 31.3 Å². The topological polar surface area (TPSA) is 83.4 Å². The average Bonchev–Trinajstić information content (AvgIpc) is 3.07. The van der Waals surface area contributed by atoms with Gasteiger partial charge in [0.05, 0.1) is 12.3 Å². The van der Waals surface area contributed by atoms with E-state index < -0.39 is 0 Å². The monoisotopic (exact) mass is 388 g/mol. The number of ketones is 1. The van der Waals surface area contributed by atoms with E-state index in [1.807, 2.05) is 7.05 Å². The highest BCUT2D eigenvalue weighted by Crippen LogP contribution is 2.15. The summed E-state index contributed by atoms with van der Waals surface area (Å²) in [6.45, 7) is 4.25. The highest BCUT2D eigenvalue weighted by Gasteiger charge is 2.17. The van der Waals surface area contributed by atoms with Gasteiger partial charge in [-0.15, -0.1) is 10.2 Å². The second-order valence-electron chi connectivity index (χ2n) is 6.64. The Morgan fingerprint density at radius 3 is 2.44 bits per heavy atom. The van der Waals surface area contributed by atoms with Crippen molar-refractivity contribution in [2.75, 3.05) is 50.8 Å². The number of likely N-dealkylation sites (N-methyl/N-ethyl adjacent to an activating group) is 1. The summed E-state index contributed by atoms with van der Waals surface area (Å²) in [4.78, 5) is 28.9. The molecular weight excluding hydrogens is 364 g/mol. The molecule has 1 fully saturated rings. The van der Waals surface area contributed by atoms with E-state index in [1.54, 1.807) is 35.2 Å². The Morgan fingerprint density at radius 2 is 1.81 bits per heavy atom. The number of piperazine rings is 1. The van der Waals surface area contributed by atoms with Gasteiger partial charge >= 0.3 is 0 Å². The van der Waals surface area contributed by atoms with Gasteiger partial charge in [-0.3, -0.25) is 14.5 Å². The van der Waals surface area contributed by atoms with Crippen LogP contribution < -0.4 is 5.32 Å². The van der Waals surface area contributed by atoms with Crippen LogP contribution in [0.2, 0.25) is 0 Å². The Bertz CT molecular complexity index is 783. The first-order valence-corrected chi connectivity index (χ1v) is 9.80. The number of hydrogen-bond donors (Lipinski definition) is 1. The summed E-state index contributed by atoms with van der Waals surface area (Å²) in [5.74, 6) is 0.228. The first kappa shape index (κ1) is 19.5. The Morgan fingerprint density at radius 1 is 1.11 bits per heavy atom. The summed E-state index contributed by atoms with van der Waals surface area (Å²) < 4.78 is 1.76. The second kappa shape index (κ2) is 9.12. The number of Topliss-reactive ketones (excluding diaryl/α,β-unsaturated/α-hetero) is 1. The predicted molar refractivity (Wildman–Crippen MR) is 105 cm³/mol. The molecule has 1 saturated heterocycles. The van der Waals surface area contributed by atoms with E-state index in [2.05, 4.69) is 32.4 Å². The maximum absolute atomic E-state index is 12.4. The number of carbonyl (C=O) groups excluding carboxylic acids is 2. The molecule has 9 heteroatoms. The number of rotatable bonds is 7. The predicted octanol–water partition coefficient (Wildman–Crippen LogP) is 0.976. The number of nitrogens with zero attached hydrogens (tertiary/aromatic N) is 5. The fourth-order valence-electron chi connectivity index (χ4n) is 2.77. The van der Waals surface area contributed by atoms with Crippen molar-refractivity contribution in [3.63, 3.8) is 0 Å². The van der Waals surface area contributed by atoms with Gasteiger partial charge in [-0.25, -0.2) is 0 Å². The lowest BCUT2D eigenvalue weighted by Gasteiger charge is -2.31. The van der Waals surface area contributed by atoms with Crippen molar-refractivity contribution in [3.05, 3.63) is 36.2 Å². The Kier molecular flexibility index (Phi) is 6.59. The summed E-state index contributed by atoms with van der Waals surface area (Å²) in [5, 5.41) is 11.2. The van der Waals surface area contributed by atoms with Crippen LogP contribution in [0.5, 0.6) is 0 Å². The zero-order chi connectivity index (χ0) is 19.2. The number of nitrogens with one attached hydrogen (secondary N) is 1. The highest BCUT2D eigenvalue weighted by molar-refractivity contribution is 7.99. The van der Waals surface area contributed by atoms with E-state index in [0.717, 1.165) is 26.2 Å². The lowest BCUT2D eigenvalue weighted by Crippen LogP contribution is -2.46. The first-order valence-electron chi connectivity index (χ1n) is 8.82. The van der Waals surface area contributed by atoms with Crippen molar-refractivity contribution >= 4 is 29.1 Å². The molecule has 0 atom stereocenters. The zero-order valence-electron chi connectivity index (χ0n) is 15.6. The molecule has 1 N–H and O–H groups in total. The van der Waals surface area contributed by atoms with Crippen LogP contribution in [0, 0.1) is 0 Å². The van der Waals surface area contributed by atoms with E-state index in [-0.39, 0.29) is 17.4 Å². The molecule has 8 nitrogen and oxygen atoms in total. The number of aromatic nitrogens is 3. The van der Waals surface area contributed by atoms with Gasteiger partial charge in [0, 0.05) is 44.5 Å². The molecule has 1 amide bonds. The van der Waals surface area contributed by atoms with Crippen LogP contribution in [0.4, 0.5) is 5.69 Å². The van der Waals surface area contributed by atoms with Crippen molar-refractivity contribution in [3.8, 4) is 0 Å². The van der Waals surface area contributed by atoms with Crippen LogP contribution in [0.1, 0.15) is 10.4 Å². The lowest BCUT2D eigenvalue weighted by molar-refractivity contribution is -0.113. The minimum Gasteiger partial charge on any atom is -0.325 e. The molecule has 1 aromatic carbocycles. The van der Waals surface area contributed by atoms with Crippen LogP contribution >= 0.6 is 11.8 Å². The van der Waals surface area contributed by atoms with Gasteiger partial charge in [0.25, 0.3) is 0 Å². The van der Waals surface area contributed by atoms with E-state index in [9.17, 15) is 9.59 Å². The Balaban J connectivity index is 1.47. The van der Waals surface area contributed by atoms with Crippen LogP contribution in [-0.4, -0.2) is 81.8 Å². The molecule has 0 bridgehead atoms. The Labute approximate surface area is 162 Å². The third-order valence-corrected chi connectivity index (χ3v) is 5.49. The summed E-state index contributed by atoms with van der Waals surface area (Å²) >= 11 is 1.32. The third kappa shape index (κ3) is 5.62. The minimum absolute atomic E-state index is 0.107. The highest BCUT2D eigenvalue weighted by atomic mass is 32.2. The number of benzene rings is 1. The molecule has 1 aromatic heterocycles. The molecule has 0 unspecified atom stereocenters.